The number of nitrogens with zero attached hydrogens (tertiary/aromatic N) is 1. The molecule has 2 aromatic heterocycles. The van der Waals surface area contributed by atoms with Crippen LogP contribution in [0.3, 0.4) is 0 Å². The lowest BCUT2D eigenvalue weighted by molar-refractivity contribution is 0.106. The number of rotatable bonds is 3. The Hall–Kier alpha value is -2.50. The minimum atomic E-state index is -0.247. The highest BCUT2D eigenvalue weighted by Gasteiger charge is 2.03. The van der Waals surface area contributed by atoms with Crippen LogP contribution in [0.25, 0.3) is 12.2 Å². The van der Waals surface area contributed by atoms with Crippen molar-refractivity contribution in [3.63, 3.8) is 0 Å². The highest BCUT2D eigenvalue weighted by molar-refractivity contribution is 7.07. The molecule has 0 atom stereocenters. The van der Waals surface area contributed by atoms with Gasteiger partial charge >= 0.3 is 0 Å². The van der Waals surface area contributed by atoms with E-state index in [2.05, 4.69) is 9.97 Å². The molecule has 23 heavy (non-hydrogen) atoms. The number of Topliss-reactive ketones (excluding diaryl/α,β-unsaturated/α-hetero) is 1. The number of ketones is 1. The number of H-pyrrole nitrogens is 1. The molecule has 4 nitrogen and oxygen atoms in total. The van der Waals surface area contributed by atoms with Crippen molar-refractivity contribution in [2.45, 2.75) is 0 Å². The van der Waals surface area contributed by atoms with Gasteiger partial charge in [0.1, 0.15) is 0 Å². The average Bonchev–Trinajstić information content (AvgIpc) is 2.90. The Morgan fingerprint density at radius 2 is 1.91 bits per heavy atom. The van der Waals surface area contributed by atoms with Crippen molar-refractivity contribution in [1.82, 2.24) is 9.97 Å². The molecule has 0 aliphatic rings. The van der Waals surface area contributed by atoms with Gasteiger partial charge in [-0.3, -0.25) is 14.6 Å². The quantitative estimate of drug-likeness (QED) is 0.740. The number of aromatic amines is 1. The van der Waals surface area contributed by atoms with Gasteiger partial charge in [-0.05, 0) is 29.8 Å². The summed E-state index contributed by atoms with van der Waals surface area (Å²) in [4.78, 5) is 30.7. The van der Waals surface area contributed by atoms with Crippen LogP contribution in [0, 0.1) is 0 Å². The summed E-state index contributed by atoms with van der Waals surface area (Å²) < 4.78 is 0.988. The Morgan fingerprint density at radius 1 is 1.17 bits per heavy atom. The van der Waals surface area contributed by atoms with Crippen molar-refractivity contribution in [2.75, 3.05) is 0 Å². The van der Waals surface area contributed by atoms with E-state index in [1.165, 1.54) is 17.4 Å². The lowest BCUT2D eigenvalue weighted by Gasteiger charge is -1.94. The first kappa shape index (κ1) is 15.4. The van der Waals surface area contributed by atoms with E-state index in [1.807, 2.05) is 18.2 Å². The molecule has 0 unspecified atom stereocenters. The Bertz CT molecular complexity index is 1020. The third-order valence-electron chi connectivity index (χ3n) is 3.10. The van der Waals surface area contributed by atoms with Crippen LogP contribution in [0.5, 0.6) is 0 Å². The molecule has 3 rings (SSSR count). The van der Waals surface area contributed by atoms with Crippen LogP contribution in [-0.4, -0.2) is 15.8 Å². The van der Waals surface area contributed by atoms with Crippen LogP contribution in [0.1, 0.15) is 15.9 Å². The number of carbonyl (C=O) groups is 1. The number of hydrogen-bond acceptors (Lipinski definition) is 4. The van der Waals surface area contributed by atoms with E-state index in [0.29, 0.717) is 19.8 Å². The van der Waals surface area contributed by atoms with Crippen molar-refractivity contribution < 1.29 is 4.79 Å². The highest BCUT2D eigenvalue weighted by Crippen LogP contribution is 2.14. The normalized spacial score (nSPS) is 12.6. The number of nitrogens with one attached hydrogen (secondary N) is 1. The van der Waals surface area contributed by atoms with Crippen LogP contribution in [0.4, 0.5) is 0 Å². The molecule has 6 heteroatoms. The summed E-state index contributed by atoms with van der Waals surface area (Å²) in [6, 6.07) is 10.5. The first-order valence-electron chi connectivity index (χ1n) is 6.75. The summed E-state index contributed by atoms with van der Waals surface area (Å²) >= 11 is 7.30. The second-order valence-electron chi connectivity index (χ2n) is 4.70. The molecule has 2 heterocycles. The van der Waals surface area contributed by atoms with Gasteiger partial charge in [-0.25, -0.2) is 0 Å². The topological polar surface area (TPSA) is 62.8 Å². The standard InChI is InChI=1S/C17H11ClN2O2S/c18-13-4-2-1-3-12(13)9-15-17(22)20-16(23-15)10-14(21)11-5-7-19-8-6-11/h1-10H,(H,20,22). The minimum Gasteiger partial charge on any atom is -0.313 e. The second-order valence-corrected chi connectivity index (χ2v) is 6.19. The van der Waals surface area contributed by atoms with E-state index < -0.39 is 0 Å². The van der Waals surface area contributed by atoms with E-state index >= 15 is 0 Å². The van der Waals surface area contributed by atoms with Gasteiger partial charge in [0.05, 0.1) is 9.20 Å². The summed E-state index contributed by atoms with van der Waals surface area (Å²) in [5.41, 5.74) is 1.03. The number of carbonyl (C=O) groups excluding carboxylic acids is 1. The van der Waals surface area contributed by atoms with Crippen molar-refractivity contribution in [3.8, 4) is 0 Å². The van der Waals surface area contributed by atoms with Gasteiger partial charge in [0.2, 0.25) is 0 Å². The first-order chi connectivity index (χ1) is 11.1. The summed E-state index contributed by atoms with van der Waals surface area (Å²) in [6.07, 6.45) is 6.22. The molecule has 1 aromatic carbocycles. The molecule has 0 fully saturated rings. The SMILES string of the molecule is O=C(C=c1[nH]c(=O)c(=Cc2ccccc2Cl)s1)c1ccncc1. The summed E-state index contributed by atoms with van der Waals surface area (Å²) in [7, 11) is 0. The Morgan fingerprint density at radius 3 is 2.65 bits per heavy atom. The van der Waals surface area contributed by atoms with Gasteiger partial charge in [-0.1, -0.05) is 29.8 Å². The van der Waals surface area contributed by atoms with Gasteiger partial charge in [-0.2, -0.15) is 0 Å². The van der Waals surface area contributed by atoms with Crippen LogP contribution in [0.2, 0.25) is 5.02 Å². The van der Waals surface area contributed by atoms with Crippen molar-refractivity contribution in [2.24, 2.45) is 0 Å². The van der Waals surface area contributed by atoms with Gasteiger partial charge in [-0.15, -0.1) is 11.3 Å². The molecule has 0 bridgehead atoms. The lowest BCUT2D eigenvalue weighted by Crippen LogP contribution is -2.20. The molecule has 0 aliphatic carbocycles. The number of aromatic nitrogens is 2. The van der Waals surface area contributed by atoms with Gasteiger partial charge in [0.25, 0.3) is 5.56 Å². The fourth-order valence-corrected chi connectivity index (χ4v) is 3.04. The molecule has 114 valence electrons. The summed E-state index contributed by atoms with van der Waals surface area (Å²) in [5, 5.41) is 0.568. The number of pyridine rings is 1. The van der Waals surface area contributed by atoms with Gasteiger partial charge in [0.15, 0.2) is 5.78 Å². The second kappa shape index (κ2) is 6.73. The molecule has 3 aromatic rings. The summed E-state index contributed by atoms with van der Waals surface area (Å²) in [5.74, 6) is -0.186. The lowest BCUT2D eigenvalue weighted by atomic mass is 10.2. The molecule has 0 amide bonds. The van der Waals surface area contributed by atoms with Crippen LogP contribution in [0.15, 0.2) is 53.6 Å². The molecule has 1 N–H and O–H groups in total. The largest absolute Gasteiger partial charge is 0.313 e. The Balaban J connectivity index is 2.02. The van der Waals surface area contributed by atoms with Crippen LogP contribution < -0.4 is 14.8 Å². The van der Waals surface area contributed by atoms with E-state index in [9.17, 15) is 9.59 Å². The maximum atomic E-state index is 12.1. The monoisotopic (exact) mass is 342 g/mol. The zero-order valence-electron chi connectivity index (χ0n) is 11.8. The van der Waals surface area contributed by atoms with Crippen molar-refractivity contribution >= 4 is 40.9 Å². The smallest absolute Gasteiger partial charge is 0.266 e. The molecular formula is C17H11ClN2O2S. The van der Waals surface area contributed by atoms with Crippen molar-refractivity contribution in [3.05, 3.63) is 84.5 Å². The zero-order chi connectivity index (χ0) is 16.2. The van der Waals surface area contributed by atoms with Gasteiger partial charge < -0.3 is 4.98 Å². The molecular weight excluding hydrogens is 332 g/mol. The molecule has 0 aliphatic heterocycles. The fraction of sp³-hybridized carbons (Fsp3) is 0. The molecule has 0 spiro atoms. The third-order valence-corrected chi connectivity index (χ3v) is 4.41. The van der Waals surface area contributed by atoms with E-state index in [-0.39, 0.29) is 11.3 Å². The third kappa shape index (κ3) is 3.64. The zero-order valence-corrected chi connectivity index (χ0v) is 13.4. The maximum Gasteiger partial charge on any atom is 0.266 e. The average molecular weight is 343 g/mol. The Kier molecular flexibility index (Phi) is 4.50. The molecule has 0 saturated heterocycles. The molecule has 0 radical (unpaired) electrons. The van der Waals surface area contributed by atoms with Crippen LogP contribution in [-0.2, 0) is 0 Å². The van der Waals surface area contributed by atoms with E-state index in [0.717, 1.165) is 5.56 Å². The predicted molar refractivity (Wildman–Crippen MR) is 92.2 cm³/mol. The number of benzene rings is 1. The first-order valence-corrected chi connectivity index (χ1v) is 7.94. The fourth-order valence-electron chi connectivity index (χ4n) is 1.98. The van der Waals surface area contributed by atoms with E-state index in [1.54, 1.807) is 36.7 Å². The van der Waals surface area contributed by atoms with Crippen LogP contribution >= 0.6 is 22.9 Å². The van der Waals surface area contributed by atoms with Gasteiger partial charge in [0, 0.05) is 29.1 Å². The molecule has 0 saturated carbocycles. The number of halogens is 1. The van der Waals surface area contributed by atoms with Crippen molar-refractivity contribution in [1.29, 1.82) is 0 Å². The Labute approximate surface area is 140 Å². The maximum absolute atomic E-state index is 12.1. The number of thiazole rings is 1. The predicted octanol–water partition coefficient (Wildman–Crippen LogP) is 1.98. The highest BCUT2D eigenvalue weighted by atomic mass is 35.5. The summed E-state index contributed by atoms with van der Waals surface area (Å²) in [6.45, 7) is 0. The minimum absolute atomic E-state index is 0.186. The number of hydrogen-bond donors (Lipinski definition) is 1. The van der Waals surface area contributed by atoms with E-state index in [4.69, 9.17) is 11.6 Å².